The number of hydrogen-bond acceptors (Lipinski definition) is 6. The monoisotopic (exact) mass is 586 g/mol. The fraction of sp³-hybridized carbons (Fsp3) is 0.100. The molecule has 5 rings (SSSR count). The van der Waals surface area contributed by atoms with E-state index in [1.807, 2.05) is 36.4 Å². The number of carbonyl (C=O) groups excluding carboxylic acids is 2. The van der Waals surface area contributed by atoms with Gasteiger partial charge in [0, 0.05) is 7.05 Å². The summed E-state index contributed by atoms with van der Waals surface area (Å²) in [5.41, 5.74) is 3.03. The number of aliphatic imine (C=N–C) groups is 1. The molecule has 0 aliphatic carbocycles. The molecule has 0 radical (unpaired) electrons. The Morgan fingerprint density at radius 2 is 1.76 bits per heavy atom. The van der Waals surface area contributed by atoms with Crippen LogP contribution in [0, 0.1) is 0 Å². The van der Waals surface area contributed by atoms with E-state index in [0.717, 1.165) is 21.3 Å². The number of thioether (sulfide) groups is 1. The van der Waals surface area contributed by atoms with E-state index in [0.29, 0.717) is 27.9 Å². The van der Waals surface area contributed by atoms with Crippen molar-refractivity contribution in [1.82, 2.24) is 4.90 Å². The van der Waals surface area contributed by atoms with Gasteiger partial charge in [0.1, 0.15) is 12.4 Å². The van der Waals surface area contributed by atoms with Crippen molar-refractivity contribution in [2.24, 2.45) is 4.99 Å². The average Bonchev–Trinajstić information content (AvgIpc) is 3.20. The quantitative estimate of drug-likeness (QED) is 0.176. The largest absolute Gasteiger partial charge is 0.488 e. The van der Waals surface area contributed by atoms with Crippen LogP contribution in [0.15, 0.2) is 99.3 Å². The topological polar surface area (TPSA) is 68.2 Å². The zero-order valence-electron chi connectivity index (χ0n) is 20.7. The maximum Gasteiger partial charge on any atom is 0.337 e. The lowest BCUT2D eigenvalue weighted by Gasteiger charge is -2.10. The summed E-state index contributed by atoms with van der Waals surface area (Å²) >= 11 is 4.90. The van der Waals surface area contributed by atoms with Gasteiger partial charge in [-0.15, -0.1) is 0 Å². The second-order valence-electron chi connectivity index (χ2n) is 8.57. The maximum atomic E-state index is 12.9. The van der Waals surface area contributed by atoms with Crippen molar-refractivity contribution >= 4 is 67.3 Å². The first-order valence-electron chi connectivity index (χ1n) is 11.8. The summed E-state index contributed by atoms with van der Waals surface area (Å²) in [6, 6.07) is 27.0. The van der Waals surface area contributed by atoms with Crippen molar-refractivity contribution in [1.29, 1.82) is 0 Å². The molecular weight excluding hydrogens is 564 g/mol. The van der Waals surface area contributed by atoms with Crippen molar-refractivity contribution in [3.63, 3.8) is 0 Å². The number of methoxy groups -OCH3 is 1. The first-order chi connectivity index (χ1) is 18.4. The van der Waals surface area contributed by atoms with Crippen LogP contribution >= 0.6 is 27.7 Å². The molecule has 1 aliphatic heterocycles. The van der Waals surface area contributed by atoms with Gasteiger partial charge in [-0.05, 0) is 98.1 Å². The third-order valence-corrected chi connectivity index (χ3v) is 7.66. The molecule has 8 heteroatoms. The molecule has 0 saturated carbocycles. The minimum Gasteiger partial charge on any atom is -0.488 e. The van der Waals surface area contributed by atoms with Gasteiger partial charge in [-0.1, -0.05) is 42.5 Å². The van der Waals surface area contributed by atoms with E-state index in [2.05, 4.69) is 51.3 Å². The summed E-state index contributed by atoms with van der Waals surface area (Å²) in [5.74, 6) is 0.182. The average molecular weight is 587 g/mol. The lowest BCUT2D eigenvalue weighted by molar-refractivity contribution is -0.121. The van der Waals surface area contributed by atoms with Gasteiger partial charge < -0.3 is 9.47 Å². The van der Waals surface area contributed by atoms with Crippen molar-refractivity contribution < 1.29 is 19.1 Å². The zero-order chi connectivity index (χ0) is 26.6. The van der Waals surface area contributed by atoms with Gasteiger partial charge in [0.05, 0.1) is 27.7 Å². The molecule has 6 nitrogen and oxygen atoms in total. The molecule has 1 fully saturated rings. The van der Waals surface area contributed by atoms with Crippen LogP contribution in [0.4, 0.5) is 5.69 Å². The zero-order valence-corrected chi connectivity index (χ0v) is 23.1. The number of ether oxygens (including phenoxy) is 2. The van der Waals surface area contributed by atoms with Crippen LogP contribution in [-0.2, 0) is 16.1 Å². The van der Waals surface area contributed by atoms with Crippen molar-refractivity contribution in [3.05, 3.63) is 111 Å². The number of fused-ring (bicyclic) bond motifs is 1. The fourth-order valence-corrected chi connectivity index (χ4v) is 5.41. The van der Waals surface area contributed by atoms with Gasteiger partial charge in [0.2, 0.25) is 0 Å². The Labute approximate surface area is 233 Å². The Kier molecular flexibility index (Phi) is 7.62. The number of amides is 1. The summed E-state index contributed by atoms with van der Waals surface area (Å²) in [4.78, 5) is 31.1. The summed E-state index contributed by atoms with van der Waals surface area (Å²) in [5, 5.41) is 2.94. The Bertz CT molecular complexity index is 1600. The third kappa shape index (κ3) is 5.66. The molecule has 1 amide bonds. The van der Waals surface area contributed by atoms with E-state index < -0.39 is 5.97 Å². The molecule has 0 unspecified atom stereocenters. The van der Waals surface area contributed by atoms with E-state index in [9.17, 15) is 9.59 Å². The van der Waals surface area contributed by atoms with Crippen LogP contribution in [0.5, 0.6) is 5.75 Å². The molecule has 1 heterocycles. The highest BCUT2D eigenvalue weighted by atomic mass is 79.9. The number of hydrogen-bond donors (Lipinski definition) is 0. The Hall–Kier alpha value is -3.88. The van der Waals surface area contributed by atoms with Crippen LogP contribution in [-0.4, -0.2) is 36.1 Å². The van der Waals surface area contributed by atoms with Crippen LogP contribution < -0.4 is 4.74 Å². The molecule has 1 aliphatic rings. The summed E-state index contributed by atoms with van der Waals surface area (Å²) in [7, 11) is 3.03. The second kappa shape index (κ2) is 11.2. The molecule has 0 aromatic heterocycles. The highest BCUT2D eigenvalue weighted by Crippen LogP contribution is 2.35. The smallest absolute Gasteiger partial charge is 0.337 e. The highest BCUT2D eigenvalue weighted by molar-refractivity contribution is 9.10. The number of halogens is 1. The standard InChI is InChI=1S/C30H23BrN2O4S/c1-33-28(34)27(38-30(33)32-24-12-10-22(11-13-24)29(35)36-2)17-19-8-14-26(25(31)16-19)37-18-20-7-9-21-5-3-4-6-23(21)15-20/h3-17H,18H2,1-2H3/b27-17-,32-30?. The Balaban J connectivity index is 1.28. The lowest BCUT2D eigenvalue weighted by Crippen LogP contribution is -2.23. The van der Waals surface area contributed by atoms with Crippen LogP contribution in [0.1, 0.15) is 21.5 Å². The van der Waals surface area contributed by atoms with E-state index in [1.165, 1.54) is 34.5 Å². The maximum absolute atomic E-state index is 12.9. The predicted octanol–water partition coefficient (Wildman–Crippen LogP) is 7.20. The molecule has 0 atom stereocenters. The van der Waals surface area contributed by atoms with E-state index in [-0.39, 0.29) is 5.91 Å². The summed E-state index contributed by atoms with van der Waals surface area (Å²) in [6.07, 6.45) is 1.84. The number of amidine groups is 1. The molecule has 1 saturated heterocycles. The minimum atomic E-state index is -0.409. The van der Waals surface area contributed by atoms with Crippen LogP contribution in [0.25, 0.3) is 16.8 Å². The molecule has 190 valence electrons. The number of likely N-dealkylation sites (N-methyl/N-ethyl adjacent to an activating group) is 1. The van der Waals surface area contributed by atoms with Crippen molar-refractivity contribution in [2.75, 3.05) is 14.2 Å². The molecule has 4 aromatic rings. The normalized spacial score (nSPS) is 15.4. The number of nitrogens with zero attached hydrogens (tertiary/aromatic N) is 2. The minimum absolute atomic E-state index is 0.132. The number of benzene rings is 4. The summed E-state index contributed by atoms with van der Waals surface area (Å²) in [6.45, 7) is 0.448. The lowest BCUT2D eigenvalue weighted by atomic mass is 10.1. The van der Waals surface area contributed by atoms with Crippen molar-refractivity contribution in [2.45, 2.75) is 6.61 Å². The molecular formula is C30H23BrN2O4S. The van der Waals surface area contributed by atoms with Gasteiger partial charge in [0.15, 0.2) is 5.17 Å². The predicted molar refractivity (Wildman–Crippen MR) is 156 cm³/mol. The van der Waals surface area contributed by atoms with Gasteiger partial charge in [0.25, 0.3) is 5.91 Å². The molecule has 0 bridgehead atoms. The number of esters is 1. The van der Waals surface area contributed by atoms with E-state index in [1.54, 1.807) is 31.3 Å². The van der Waals surface area contributed by atoms with Gasteiger partial charge in [-0.25, -0.2) is 9.79 Å². The van der Waals surface area contributed by atoms with E-state index in [4.69, 9.17) is 9.47 Å². The molecule has 38 heavy (non-hydrogen) atoms. The third-order valence-electron chi connectivity index (χ3n) is 5.98. The summed E-state index contributed by atoms with van der Waals surface area (Å²) < 4.78 is 11.6. The molecule has 4 aromatic carbocycles. The van der Waals surface area contributed by atoms with Gasteiger partial charge in [-0.3, -0.25) is 9.69 Å². The highest BCUT2D eigenvalue weighted by Gasteiger charge is 2.30. The van der Waals surface area contributed by atoms with Crippen LogP contribution in [0.2, 0.25) is 0 Å². The fourth-order valence-electron chi connectivity index (χ4n) is 3.92. The van der Waals surface area contributed by atoms with Gasteiger partial charge in [-0.2, -0.15) is 0 Å². The van der Waals surface area contributed by atoms with Crippen molar-refractivity contribution in [3.8, 4) is 5.75 Å². The SMILES string of the molecule is COC(=O)c1ccc(N=C2S/C(=C\c3ccc(OCc4ccc5ccccc5c4)c(Br)c3)C(=O)N2C)cc1. The number of rotatable bonds is 6. The number of carbonyl (C=O) groups is 2. The molecule has 0 spiro atoms. The van der Waals surface area contributed by atoms with E-state index >= 15 is 0 Å². The first-order valence-corrected chi connectivity index (χ1v) is 13.4. The van der Waals surface area contributed by atoms with Crippen LogP contribution in [0.3, 0.4) is 0 Å². The van der Waals surface area contributed by atoms with Gasteiger partial charge >= 0.3 is 5.97 Å². The first kappa shape index (κ1) is 25.8. The Morgan fingerprint density at radius 3 is 2.50 bits per heavy atom. The Morgan fingerprint density at radius 1 is 1.00 bits per heavy atom. The second-order valence-corrected chi connectivity index (χ2v) is 10.4. The molecule has 0 N–H and O–H groups in total.